The maximum Gasteiger partial charge on any atom is 0.115 e. The molecule has 1 heterocycles. The van der Waals surface area contributed by atoms with Crippen LogP contribution in [-0.2, 0) is 6.42 Å². The molecule has 0 aromatic heterocycles. The average molecular weight is 276 g/mol. The van der Waals surface area contributed by atoms with Crippen LogP contribution in [-0.4, -0.2) is 34.7 Å². The normalized spacial score (nSPS) is 19.6. The van der Waals surface area contributed by atoms with Crippen molar-refractivity contribution in [3.05, 3.63) is 29.8 Å². The molecule has 2 rings (SSSR count). The van der Waals surface area contributed by atoms with Crippen LogP contribution >= 0.6 is 0 Å². The first kappa shape index (κ1) is 15.3. The summed E-state index contributed by atoms with van der Waals surface area (Å²) in [5, 5.41) is 9.56. The van der Waals surface area contributed by atoms with Crippen LogP contribution < -0.4 is 5.73 Å². The SMILES string of the molecule is CC(C)(C(N)Cc1cccc(O)c1)N1CCCCCC1. The highest BCUT2D eigenvalue weighted by atomic mass is 16.3. The van der Waals surface area contributed by atoms with E-state index in [1.807, 2.05) is 18.2 Å². The molecule has 1 atom stereocenters. The molecular weight excluding hydrogens is 248 g/mol. The van der Waals surface area contributed by atoms with E-state index in [1.165, 1.54) is 25.7 Å². The summed E-state index contributed by atoms with van der Waals surface area (Å²) in [6.45, 7) is 6.82. The third kappa shape index (κ3) is 3.74. The summed E-state index contributed by atoms with van der Waals surface area (Å²) in [7, 11) is 0. The summed E-state index contributed by atoms with van der Waals surface area (Å²) >= 11 is 0. The second kappa shape index (κ2) is 6.59. The summed E-state index contributed by atoms with van der Waals surface area (Å²) in [6, 6.07) is 7.52. The largest absolute Gasteiger partial charge is 0.508 e. The Morgan fingerprint density at radius 1 is 1.20 bits per heavy atom. The van der Waals surface area contributed by atoms with Crippen molar-refractivity contribution in [2.45, 2.75) is 57.5 Å². The van der Waals surface area contributed by atoms with E-state index in [-0.39, 0.29) is 11.6 Å². The van der Waals surface area contributed by atoms with Crippen LogP contribution in [0.15, 0.2) is 24.3 Å². The van der Waals surface area contributed by atoms with Crippen LogP contribution in [0.3, 0.4) is 0 Å². The Morgan fingerprint density at radius 3 is 2.45 bits per heavy atom. The molecule has 0 radical (unpaired) electrons. The molecule has 0 saturated carbocycles. The zero-order valence-corrected chi connectivity index (χ0v) is 12.8. The van der Waals surface area contributed by atoms with Crippen molar-refractivity contribution in [2.24, 2.45) is 5.73 Å². The first-order valence-electron chi connectivity index (χ1n) is 7.78. The maximum atomic E-state index is 9.56. The molecule has 0 bridgehead atoms. The van der Waals surface area contributed by atoms with Gasteiger partial charge in [0.1, 0.15) is 5.75 Å². The van der Waals surface area contributed by atoms with E-state index in [2.05, 4.69) is 18.7 Å². The number of nitrogens with zero attached hydrogens (tertiary/aromatic N) is 1. The molecule has 0 spiro atoms. The highest BCUT2D eigenvalue weighted by Gasteiger charge is 2.33. The van der Waals surface area contributed by atoms with Crippen LogP contribution in [0.4, 0.5) is 0 Å². The molecule has 1 aliphatic rings. The molecule has 1 fully saturated rings. The highest BCUT2D eigenvalue weighted by molar-refractivity contribution is 5.28. The Bertz CT molecular complexity index is 423. The van der Waals surface area contributed by atoms with Crippen molar-refractivity contribution in [3.63, 3.8) is 0 Å². The lowest BCUT2D eigenvalue weighted by Crippen LogP contribution is -2.57. The molecule has 3 N–H and O–H groups in total. The number of benzene rings is 1. The smallest absolute Gasteiger partial charge is 0.115 e. The van der Waals surface area contributed by atoms with Crippen molar-refractivity contribution < 1.29 is 5.11 Å². The van der Waals surface area contributed by atoms with Gasteiger partial charge in [-0.3, -0.25) is 4.90 Å². The molecule has 0 amide bonds. The van der Waals surface area contributed by atoms with Gasteiger partial charge < -0.3 is 10.8 Å². The Kier molecular flexibility index (Phi) is 5.06. The van der Waals surface area contributed by atoms with Gasteiger partial charge in [0.2, 0.25) is 0 Å². The van der Waals surface area contributed by atoms with Crippen LogP contribution in [0.1, 0.15) is 45.1 Å². The molecule has 3 nitrogen and oxygen atoms in total. The Hall–Kier alpha value is -1.06. The number of hydrogen-bond acceptors (Lipinski definition) is 3. The van der Waals surface area contributed by atoms with Crippen LogP contribution in [0.2, 0.25) is 0 Å². The van der Waals surface area contributed by atoms with Gasteiger partial charge in [-0.15, -0.1) is 0 Å². The Balaban J connectivity index is 2.03. The molecule has 0 aliphatic carbocycles. The van der Waals surface area contributed by atoms with Gasteiger partial charge in [-0.25, -0.2) is 0 Å². The van der Waals surface area contributed by atoms with Crippen LogP contribution in [0.25, 0.3) is 0 Å². The molecule has 20 heavy (non-hydrogen) atoms. The molecule has 1 aliphatic heterocycles. The van der Waals surface area contributed by atoms with Crippen molar-refractivity contribution in [1.82, 2.24) is 4.90 Å². The van der Waals surface area contributed by atoms with E-state index in [1.54, 1.807) is 6.07 Å². The minimum atomic E-state index is -0.00417. The first-order chi connectivity index (χ1) is 9.50. The fraction of sp³-hybridized carbons (Fsp3) is 0.647. The van der Waals surface area contributed by atoms with Crippen LogP contribution in [0, 0.1) is 0 Å². The number of phenols is 1. The fourth-order valence-electron chi connectivity index (χ4n) is 3.07. The van der Waals surface area contributed by atoms with Crippen molar-refractivity contribution >= 4 is 0 Å². The standard InChI is InChI=1S/C17H28N2O/c1-17(2,19-10-5-3-4-6-11-19)16(18)13-14-8-7-9-15(20)12-14/h7-9,12,16,20H,3-6,10-11,13,18H2,1-2H3. The summed E-state index contributed by atoms with van der Waals surface area (Å²) in [5.41, 5.74) is 7.60. The van der Waals surface area contributed by atoms with E-state index >= 15 is 0 Å². The van der Waals surface area contributed by atoms with Crippen molar-refractivity contribution in [1.29, 1.82) is 0 Å². The topological polar surface area (TPSA) is 49.5 Å². The van der Waals surface area contributed by atoms with Gasteiger partial charge in [-0.1, -0.05) is 25.0 Å². The van der Waals surface area contributed by atoms with Crippen LogP contribution in [0.5, 0.6) is 5.75 Å². The molecule has 3 heteroatoms. The molecule has 1 aromatic rings. The van der Waals surface area contributed by atoms with Gasteiger partial charge in [0, 0.05) is 11.6 Å². The lowest BCUT2D eigenvalue weighted by Gasteiger charge is -2.42. The maximum absolute atomic E-state index is 9.56. The quantitative estimate of drug-likeness (QED) is 0.889. The minimum Gasteiger partial charge on any atom is -0.508 e. The third-order valence-corrected chi connectivity index (χ3v) is 4.69. The van der Waals surface area contributed by atoms with E-state index in [9.17, 15) is 5.11 Å². The fourth-order valence-corrected chi connectivity index (χ4v) is 3.07. The number of rotatable bonds is 4. The zero-order chi connectivity index (χ0) is 14.6. The molecule has 1 unspecified atom stereocenters. The minimum absolute atomic E-state index is 0.00417. The molecule has 1 saturated heterocycles. The predicted molar refractivity (Wildman–Crippen MR) is 83.9 cm³/mol. The summed E-state index contributed by atoms with van der Waals surface area (Å²) in [5.74, 6) is 0.322. The molecule has 112 valence electrons. The van der Waals surface area contributed by atoms with Gasteiger partial charge in [-0.05, 0) is 63.9 Å². The van der Waals surface area contributed by atoms with E-state index in [0.29, 0.717) is 5.75 Å². The zero-order valence-electron chi connectivity index (χ0n) is 12.8. The van der Waals surface area contributed by atoms with E-state index in [0.717, 1.165) is 25.1 Å². The Labute approximate surface area is 122 Å². The van der Waals surface area contributed by atoms with E-state index < -0.39 is 0 Å². The summed E-state index contributed by atoms with van der Waals surface area (Å²) in [4.78, 5) is 2.55. The third-order valence-electron chi connectivity index (χ3n) is 4.69. The lowest BCUT2D eigenvalue weighted by molar-refractivity contribution is 0.0979. The van der Waals surface area contributed by atoms with Gasteiger partial charge in [0.05, 0.1) is 0 Å². The number of aromatic hydroxyl groups is 1. The second-order valence-electron chi connectivity index (χ2n) is 6.54. The number of nitrogens with two attached hydrogens (primary N) is 1. The van der Waals surface area contributed by atoms with Crippen molar-refractivity contribution in [2.75, 3.05) is 13.1 Å². The number of hydrogen-bond donors (Lipinski definition) is 2. The van der Waals surface area contributed by atoms with Gasteiger partial charge in [0.15, 0.2) is 0 Å². The summed E-state index contributed by atoms with van der Waals surface area (Å²) < 4.78 is 0. The lowest BCUT2D eigenvalue weighted by atomic mass is 9.88. The van der Waals surface area contributed by atoms with Gasteiger partial charge in [0.25, 0.3) is 0 Å². The number of phenolic OH excluding ortho intramolecular Hbond substituents is 1. The second-order valence-corrected chi connectivity index (χ2v) is 6.54. The Morgan fingerprint density at radius 2 is 1.85 bits per heavy atom. The molecule has 1 aromatic carbocycles. The number of likely N-dealkylation sites (tertiary alicyclic amines) is 1. The summed E-state index contributed by atoms with van der Waals surface area (Å²) in [6.07, 6.45) is 6.05. The highest BCUT2D eigenvalue weighted by Crippen LogP contribution is 2.25. The van der Waals surface area contributed by atoms with E-state index in [4.69, 9.17) is 5.73 Å². The monoisotopic (exact) mass is 276 g/mol. The van der Waals surface area contributed by atoms with Crippen molar-refractivity contribution in [3.8, 4) is 5.75 Å². The first-order valence-corrected chi connectivity index (χ1v) is 7.78. The van der Waals surface area contributed by atoms with Gasteiger partial charge >= 0.3 is 0 Å². The van der Waals surface area contributed by atoms with Gasteiger partial charge in [-0.2, -0.15) is 0 Å². The average Bonchev–Trinajstić information content (AvgIpc) is 2.67. The predicted octanol–water partition coefficient (Wildman–Crippen LogP) is 2.92. The molecular formula is C17H28N2O.